The molecule has 11 heavy (non-hydrogen) atoms. The Kier molecular flexibility index (Phi) is 4.92. The Hall–Kier alpha value is -0.530. The minimum Gasteiger partial charge on any atom is -0.353 e. The largest absolute Gasteiger partial charge is 0.353 e. The van der Waals surface area contributed by atoms with Crippen LogP contribution in [0.2, 0.25) is 0 Å². The Labute approximate surface area is 69.4 Å². The van der Waals surface area contributed by atoms with Crippen LogP contribution in [0.25, 0.3) is 0 Å². The Bertz CT molecular complexity index is 121. The predicted octanol–water partition coefficient (Wildman–Crippen LogP) is 1.95. The second kappa shape index (κ2) is 5.16. The molecule has 0 heterocycles. The van der Waals surface area contributed by atoms with Crippen LogP contribution in [0.3, 0.4) is 0 Å². The van der Waals surface area contributed by atoms with Crippen molar-refractivity contribution in [2.45, 2.75) is 46.6 Å². The lowest BCUT2D eigenvalue weighted by molar-refractivity contribution is -0.124. The number of rotatable bonds is 4. The van der Waals surface area contributed by atoms with Crippen molar-refractivity contribution < 1.29 is 4.79 Å². The number of hydrogen-bond donors (Lipinski definition) is 1. The Balaban J connectivity index is 3.57. The maximum Gasteiger partial charge on any atom is 0.222 e. The van der Waals surface area contributed by atoms with Crippen molar-refractivity contribution in [3.63, 3.8) is 0 Å². The molecule has 0 saturated heterocycles. The summed E-state index contributed by atoms with van der Waals surface area (Å²) in [5.41, 5.74) is 0. The van der Waals surface area contributed by atoms with Gasteiger partial charge in [-0.1, -0.05) is 27.2 Å². The van der Waals surface area contributed by atoms with Gasteiger partial charge in [0.25, 0.3) is 0 Å². The van der Waals surface area contributed by atoms with Gasteiger partial charge in [-0.05, 0) is 13.3 Å². The molecule has 0 bridgehead atoms. The third kappa shape index (κ3) is 4.82. The first-order chi connectivity index (χ1) is 5.07. The van der Waals surface area contributed by atoms with Gasteiger partial charge in [-0.15, -0.1) is 0 Å². The molecule has 0 aromatic heterocycles. The lowest BCUT2D eigenvalue weighted by atomic mass is 10.1. The van der Waals surface area contributed by atoms with E-state index in [9.17, 15) is 4.79 Å². The highest BCUT2D eigenvalue weighted by Crippen LogP contribution is 1.97. The smallest absolute Gasteiger partial charge is 0.222 e. The number of hydrogen-bond acceptors (Lipinski definition) is 1. The summed E-state index contributed by atoms with van der Waals surface area (Å²) in [6.07, 6.45) is 2.19. The minimum atomic E-state index is 0.106. The third-order valence-electron chi connectivity index (χ3n) is 1.63. The first-order valence-electron chi connectivity index (χ1n) is 4.38. The van der Waals surface area contributed by atoms with Gasteiger partial charge in [0.2, 0.25) is 5.91 Å². The summed E-state index contributed by atoms with van der Waals surface area (Å²) in [6.45, 7) is 7.99. The molecule has 1 amide bonds. The molecule has 1 N–H and O–H groups in total. The number of amides is 1. The molecular weight excluding hydrogens is 138 g/mol. The van der Waals surface area contributed by atoms with Crippen molar-refractivity contribution in [2.24, 2.45) is 5.92 Å². The lowest BCUT2D eigenvalue weighted by Crippen LogP contribution is -2.35. The van der Waals surface area contributed by atoms with E-state index < -0.39 is 0 Å². The maximum atomic E-state index is 11.1. The van der Waals surface area contributed by atoms with Crippen molar-refractivity contribution in [3.05, 3.63) is 0 Å². The average molecular weight is 157 g/mol. The van der Waals surface area contributed by atoms with Crippen LogP contribution in [-0.4, -0.2) is 11.9 Å². The molecular formula is C9H19NO. The van der Waals surface area contributed by atoms with Gasteiger partial charge in [-0.2, -0.15) is 0 Å². The van der Waals surface area contributed by atoms with E-state index >= 15 is 0 Å². The van der Waals surface area contributed by atoms with Gasteiger partial charge in [-0.3, -0.25) is 4.79 Å². The number of carbonyl (C=O) groups excluding carboxylic acids is 1. The van der Waals surface area contributed by atoms with Crippen LogP contribution in [0.1, 0.15) is 40.5 Å². The van der Waals surface area contributed by atoms with E-state index in [1.54, 1.807) is 0 Å². The second-order valence-electron chi connectivity index (χ2n) is 3.35. The molecule has 0 aliphatic rings. The molecule has 2 heteroatoms. The average Bonchev–Trinajstić information content (AvgIpc) is 1.87. The predicted molar refractivity (Wildman–Crippen MR) is 47.4 cm³/mol. The fourth-order valence-electron chi connectivity index (χ4n) is 0.915. The van der Waals surface area contributed by atoms with Gasteiger partial charge >= 0.3 is 0 Å². The monoisotopic (exact) mass is 157 g/mol. The Morgan fingerprint density at radius 1 is 1.36 bits per heavy atom. The third-order valence-corrected chi connectivity index (χ3v) is 1.63. The quantitative estimate of drug-likeness (QED) is 0.664. The van der Waals surface area contributed by atoms with E-state index in [2.05, 4.69) is 12.2 Å². The molecule has 0 radical (unpaired) electrons. The maximum absolute atomic E-state index is 11.1. The zero-order valence-electron chi connectivity index (χ0n) is 7.98. The summed E-state index contributed by atoms with van der Waals surface area (Å²) < 4.78 is 0. The summed E-state index contributed by atoms with van der Waals surface area (Å²) in [5, 5.41) is 2.94. The topological polar surface area (TPSA) is 29.1 Å². The van der Waals surface area contributed by atoms with Crippen LogP contribution in [0, 0.1) is 5.92 Å². The summed E-state index contributed by atoms with van der Waals surface area (Å²) in [4.78, 5) is 11.1. The van der Waals surface area contributed by atoms with Crippen molar-refractivity contribution in [1.82, 2.24) is 5.32 Å². The van der Waals surface area contributed by atoms with Gasteiger partial charge < -0.3 is 5.32 Å². The van der Waals surface area contributed by atoms with E-state index in [4.69, 9.17) is 0 Å². The van der Waals surface area contributed by atoms with Crippen molar-refractivity contribution in [2.75, 3.05) is 0 Å². The van der Waals surface area contributed by atoms with Crippen LogP contribution in [0.15, 0.2) is 0 Å². The Morgan fingerprint density at radius 3 is 2.27 bits per heavy atom. The molecule has 0 saturated carbocycles. The molecule has 0 unspecified atom stereocenters. The summed E-state index contributed by atoms with van der Waals surface area (Å²) in [5.74, 6) is 0.264. The molecule has 66 valence electrons. The fraction of sp³-hybridized carbons (Fsp3) is 0.889. The van der Waals surface area contributed by atoms with Crippen molar-refractivity contribution in [3.8, 4) is 0 Å². The molecule has 0 aromatic rings. The highest BCUT2D eigenvalue weighted by atomic mass is 16.1. The van der Waals surface area contributed by atoms with Crippen LogP contribution >= 0.6 is 0 Å². The Morgan fingerprint density at radius 2 is 1.91 bits per heavy atom. The van der Waals surface area contributed by atoms with Crippen molar-refractivity contribution in [1.29, 1.82) is 0 Å². The lowest BCUT2D eigenvalue weighted by Gasteiger charge is -2.14. The normalized spacial score (nSPS) is 13.2. The summed E-state index contributed by atoms with van der Waals surface area (Å²) >= 11 is 0. The van der Waals surface area contributed by atoms with E-state index in [0.29, 0.717) is 6.04 Å². The minimum absolute atomic E-state index is 0.106. The highest BCUT2D eigenvalue weighted by molar-refractivity contribution is 5.78. The van der Waals surface area contributed by atoms with E-state index in [0.717, 1.165) is 12.8 Å². The van der Waals surface area contributed by atoms with Crippen LogP contribution in [0.4, 0.5) is 0 Å². The number of carbonyl (C=O) groups is 1. The summed E-state index contributed by atoms with van der Waals surface area (Å²) in [7, 11) is 0. The molecule has 0 fully saturated rings. The van der Waals surface area contributed by atoms with Gasteiger partial charge in [0.1, 0.15) is 0 Å². The zero-order chi connectivity index (χ0) is 8.85. The molecule has 0 aliphatic heterocycles. The first-order valence-corrected chi connectivity index (χ1v) is 4.38. The zero-order valence-corrected chi connectivity index (χ0v) is 7.98. The molecule has 2 nitrogen and oxygen atoms in total. The van der Waals surface area contributed by atoms with Gasteiger partial charge in [-0.25, -0.2) is 0 Å². The van der Waals surface area contributed by atoms with Crippen molar-refractivity contribution >= 4 is 5.91 Å². The molecule has 0 rings (SSSR count). The van der Waals surface area contributed by atoms with Crippen LogP contribution in [0.5, 0.6) is 0 Å². The van der Waals surface area contributed by atoms with Gasteiger partial charge in [0.15, 0.2) is 0 Å². The second-order valence-corrected chi connectivity index (χ2v) is 3.35. The molecule has 0 aliphatic carbocycles. The van der Waals surface area contributed by atoms with Crippen LogP contribution < -0.4 is 5.32 Å². The van der Waals surface area contributed by atoms with Gasteiger partial charge in [0.05, 0.1) is 0 Å². The fourth-order valence-corrected chi connectivity index (χ4v) is 0.915. The highest BCUT2D eigenvalue weighted by Gasteiger charge is 2.08. The van der Waals surface area contributed by atoms with Gasteiger partial charge in [0, 0.05) is 12.0 Å². The molecule has 1 atom stereocenters. The van der Waals surface area contributed by atoms with E-state index in [-0.39, 0.29) is 11.8 Å². The number of nitrogens with one attached hydrogen (secondary N) is 1. The molecule has 0 aromatic carbocycles. The van der Waals surface area contributed by atoms with Crippen LogP contribution in [-0.2, 0) is 4.79 Å². The SMILES string of the molecule is CCC[C@@H](C)NC(=O)C(C)C. The van der Waals surface area contributed by atoms with E-state index in [1.807, 2.05) is 20.8 Å². The first kappa shape index (κ1) is 10.5. The standard InChI is InChI=1S/C9H19NO/c1-5-6-8(4)10-9(11)7(2)3/h7-8H,5-6H2,1-4H3,(H,10,11)/t8-/m1/s1. The van der Waals surface area contributed by atoms with E-state index in [1.165, 1.54) is 0 Å². The summed E-state index contributed by atoms with van der Waals surface area (Å²) in [6, 6.07) is 0.329. The molecule has 0 spiro atoms.